The van der Waals surface area contributed by atoms with E-state index in [0.29, 0.717) is 40.6 Å². The van der Waals surface area contributed by atoms with E-state index < -0.39 is 17.7 Å². The monoisotopic (exact) mass is 488 g/mol. The summed E-state index contributed by atoms with van der Waals surface area (Å²) in [7, 11) is 4.63. The van der Waals surface area contributed by atoms with E-state index >= 15 is 0 Å². The average Bonchev–Trinajstić information content (AvgIpc) is 3.44. The van der Waals surface area contributed by atoms with Gasteiger partial charge in [-0.2, -0.15) is 0 Å². The van der Waals surface area contributed by atoms with Crippen LogP contribution in [0.5, 0.6) is 11.5 Å². The summed E-state index contributed by atoms with van der Waals surface area (Å²) in [6.07, 6.45) is -1.33. The molecule has 1 amide bonds. The first-order chi connectivity index (χ1) is 16.7. The van der Waals surface area contributed by atoms with Crippen molar-refractivity contribution in [3.05, 3.63) is 40.7 Å². The number of carbonyl (C=O) groups is 3. The number of hydrogen-bond donors (Lipinski definition) is 5. The normalized spacial score (nSPS) is 28.1. The summed E-state index contributed by atoms with van der Waals surface area (Å²) < 4.78 is 16.5. The van der Waals surface area contributed by atoms with Crippen LogP contribution in [-0.2, 0) is 14.3 Å². The Labute approximate surface area is 201 Å². The smallest absolute Gasteiger partial charge is 0.402 e. The number of ketones is 2. The van der Waals surface area contributed by atoms with Crippen molar-refractivity contribution >= 4 is 23.3 Å². The van der Waals surface area contributed by atoms with Crippen molar-refractivity contribution in [2.45, 2.75) is 24.7 Å². The molecule has 6 N–H and O–H groups in total. The van der Waals surface area contributed by atoms with Crippen LogP contribution in [0.25, 0.3) is 0 Å². The Balaban J connectivity index is 0.000000672. The number of methoxy groups -OCH3 is 3. The van der Waals surface area contributed by atoms with Crippen LogP contribution >= 0.6 is 0 Å². The highest BCUT2D eigenvalue weighted by Gasteiger charge is 2.72. The van der Waals surface area contributed by atoms with Gasteiger partial charge in [0.25, 0.3) is 0 Å². The summed E-state index contributed by atoms with van der Waals surface area (Å²) in [5, 5.41) is 23.9. The predicted octanol–water partition coefficient (Wildman–Crippen LogP) is 0.0395. The van der Waals surface area contributed by atoms with Crippen molar-refractivity contribution in [1.29, 1.82) is 0 Å². The number of ether oxygens (including phenoxy) is 3. The van der Waals surface area contributed by atoms with Crippen LogP contribution in [0.2, 0.25) is 0 Å². The number of carbonyl (C=O) groups excluding carboxylic acids is 2. The van der Waals surface area contributed by atoms with Crippen molar-refractivity contribution in [2.75, 3.05) is 39.8 Å². The molecular formula is C23H28N4O8. The third-order valence-corrected chi connectivity index (χ3v) is 6.87. The number of nitrogens with one attached hydrogen (secondary N) is 2. The lowest BCUT2D eigenvalue weighted by Crippen LogP contribution is -2.54. The number of carboxylic acid groups (broad SMARTS) is 1. The highest BCUT2D eigenvalue weighted by atomic mass is 16.5. The predicted molar refractivity (Wildman–Crippen MR) is 123 cm³/mol. The number of fused-ring (bicyclic) bond motifs is 4. The Morgan fingerprint density at radius 1 is 1.23 bits per heavy atom. The van der Waals surface area contributed by atoms with E-state index in [1.54, 1.807) is 39.3 Å². The fourth-order valence-electron chi connectivity index (χ4n) is 5.35. The van der Waals surface area contributed by atoms with Crippen LogP contribution in [0.3, 0.4) is 0 Å². The molecule has 2 fully saturated rings. The summed E-state index contributed by atoms with van der Waals surface area (Å²) in [5.74, 6) is -0.0938. The van der Waals surface area contributed by atoms with E-state index in [-0.39, 0.29) is 36.0 Å². The molecule has 4 aliphatic rings. The minimum absolute atomic E-state index is 0.0246. The van der Waals surface area contributed by atoms with Crippen LogP contribution in [-0.4, -0.2) is 85.1 Å². The molecule has 1 aliphatic carbocycles. The number of hydrogen-bond acceptors (Lipinski definition) is 10. The zero-order chi connectivity index (χ0) is 25.7. The van der Waals surface area contributed by atoms with E-state index in [2.05, 4.69) is 16.4 Å². The number of aliphatic hydroxyl groups is 1. The first-order valence-corrected chi connectivity index (χ1v) is 10.9. The zero-order valence-corrected chi connectivity index (χ0v) is 19.7. The van der Waals surface area contributed by atoms with E-state index in [1.807, 2.05) is 4.90 Å². The number of Topliss-reactive ketones (excluding diaryl/α,β-unsaturated/α-hetero) is 2. The van der Waals surface area contributed by atoms with Crippen LogP contribution in [0.4, 0.5) is 10.5 Å². The highest BCUT2D eigenvalue weighted by Crippen LogP contribution is 2.55. The standard InChI is InChI=1S/C22H25N3O6.CH3NO2/c1-10-17(23-11-5-6-14(29-2)15(7-11)30-3)20(28)16-12(9-26)22(31-4)21-13(24-21)8-25(22)18(16)19(10)27;2-1(3)4/h5-7,12-13,21,23-24,26H,8-9H2,1-4H3;2H2,(H,3,4). The molecule has 0 saturated carbocycles. The van der Waals surface area contributed by atoms with Crippen LogP contribution in [0.15, 0.2) is 40.7 Å². The van der Waals surface area contributed by atoms with Gasteiger partial charge in [0, 0.05) is 42.6 Å². The summed E-state index contributed by atoms with van der Waals surface area (Å²) in [6, 6.07) is 5.34. The topological polar surface area (TPSA) is 183 Å². The van der Waals surface area contributed by atoms with Gasteiger partial charge in [0.05, 0.1) is 44.2 Å². The second-order valence-corrected chi connectivity index (χ2v) is 8.51. The van der Waals surface area contributed by atoms with Gasteiger partial charge in [-0.3, -0.25) is 9.59 Å². The van der Waals surface area contributed by atoms with Crippen LogP contribution in [0.1, 0.15) is 6.92 Å². The molecule has 188 valence electrons. The van der Waals surface area contributed by atoms with E-state index in [1.165, 1.54) is 7.11 Å². The molecule has 0 spiro atoms. The largest absolute Gasteiger partial charge is 0.493 e. The number of nitrogens with two attached hydrogens (primary N) is 1. The maximum atomic E-state index is 13.6. The minimum atomic E-state index is -1.33. The minimum Gasteiger partial charge on any atom is -0.493 e. The fourth-order valence-corrected chi connectivity index (χ4v) is 5.35. The van der Waals surface area contributed by atoms with E-state index in [4.69, 9.17) is 24.1 Å². The molecule has 1 aromatic rings. The lowest BCUT2D eigenvalue weighted by atomic mass is 9.82. The van der Waals surface area contributed by atoms with Gasteiger partial charge in [-0.1, -0.05) is 0 Å². The average molecular weight is 488 g/mol. The number of primary amides is 1. The molecule has 12 nitrogen and oxygen atoms in total. The van der Waals surface area contributed by atoms with Gasteiger partial charge in [0.1, 0.15) is 0 Å². The number of rotatable bonds is 6. The maximum Gasteiger partial charge on any atom is 0.402 e. The van der Waals surface area contributed by atoms with Crippen molar-refractivity contribution < 1.29 is 38.8 Å². The van der Waals surface area contributed by atoms with Crippen molar-refractivity contribution in [3.63, 3.8) is 0 Å². The quantitative estimate of drug-likeness (QED) is 0.269. The molecule has 0 aromatic heterocycles. The Bertz CT molecular complexity index is 1160. The van der Waals surface area contributed by atoms with Gasteiger partial charge in [-0.25, -0.2) is 4.79 Å². The molecule has 1 aromatic carbocycles. The summed E-state index contributed by atoms with van der Waals surface area (Å²) in [5.41, 5.74) is 4.89. The van der Waals surface area contributed by atoms with Gasteiger partial charge in [0.2, 0.25) is 11.6 Å². The third-order valence-electron chi connectivity index (χ3n) is 6.87. The summed E-state index contributed by atoms with van der Waals surface area (Å²) >= 11 is 0. The van der Waals surface area contributed by atoms with Gasteiger partial charge in [0.15, 0.2) is 17.2 Å². The molecule has 3 heterocycles. The molecule has 4 unspecified atom stereocenters. The molecule has 2 saturated heterocycles. The molecule has 5 rings (SSSR count). The highest BCUT2D eigenvalue weighted by molar-refractivity contribution is 6.26. The van der Waals surface area contributed by atoms with Crippen LogP contribution < -0.4 is 25.8 Å². The number of amides is 1. The Morgan fingerprint density at radius 3 is 2.46 bits per heavy atom. The van der Waals surface area contributed by atoms with Gasteiger partial charge >= 0.3 is 6.09 Å². The maximum absolute atomic E-state index is 13.6. The molecule has 4 atom stereocenters. The number of benzene rings is 1. The number of anilines is 1. The van der Waals surface area contributed by atoms with Gasteiger partial charge in [-0.15, -0.1) is 0 Å². The third kappa shape index (κ3) is 3.61. The Morgan fingerprint density at radius 2 is 1.89 bits per heavy atom. The zero-order valence-electron chi connectivity index (χ0n) is 19.7. The number of allylic oxidation sites excluding steroid dienone is 2. The second-order valence-electron chi connectivity index (χ2n) is 8.51. The second kappa shape index (κ2) is 8.87. The number of nitrogens with zero attached hydrogens (tertiary/aromatic N) is 1. The van der Waals surface area contributed by atoms with E-state index in [0.717, 1.165) is 0 Å². The molecular weight excluding hydrogens is 460 g/mol. The Kier molecular flexibility index (Phi) is 6.21. The van der Waals surface area contributed by atoms with Crippen molar-refractivity contribution in [3.8, 4) is 11.5 Å². The van der Waals surface area contributed by atoms with E-state index in [9.17, 15) is 14.7 Å². The van der Waals surface area contributed by atoms with Crippen LogP contribution in [0, 0.1) is 5.92 Å². The number of piperazine rings is 1. The summed E-state index contributed by atoms with van der Waals surface area (Å²) in [6.45, 7) is 1.91. The van der Waals surface area contributed by atoms with Gasteiger partial charge in [-0.05, 0) is 19.1 Å². The number of aliphatic hydroxyl groups excluding tert-OH is 1. The molecule has 0 radical (unpaired) electrons. The molecule has 12 heteroatoms. The molecule has 35 heavy (non-hydrogen) atoms. The first kappa shape index (κ1) is 24.5. The lowest BCUT2D eigenvalue weighted by molar-refractivity contribution is -0.137. The van der Waals surface area contributed by atoms with Crippen molar-refractivity contribution in [1.82, 2.24) is 10.2 Å². The molecule has 3 aliphatic heterocycles. The first-order valence-electron chi connectivity index (χ1n) is 10.9. The fraction of sp³-hybridized carbons (Fsp3) is 0.435. The van der Waals surface area contributed by atoms with Crippen molar-refractivity contribution in [2.24, 2.45) is 11.7 Å². The summed E-state index contributed by atoms with van der Waals surface area (Å²) in [4.78, 5) is 37.7. The molecule has 0 bridgehead atoms. The Hall–Kier alpha value is -3.61. The van der Waals surface area contributed by atoms with Gasteiger partial charge < -0.3 is 45.7 Å². The lowest BCUT2D eigenvalue weighted by Gasteiger charge is -2.39. The SMILES string of the molecule is COc1ccc(NC2=C(C)C(=O)C3=C(C2=O)C(CO)C2(OC)C4NC4CN32)cc1OC.NC(=O)O.